The summed E-state index contributed by atoms with van der Waals surface area (Å²) in [4.78, 5) is 24.1. The molecule has 5 nitrogen and oxygen atoms in total. The minimum atomic E-state index is -0.438. The number of ether oxygens (including phenoxy) is 1. The fourth-order valence-electron chi connectivity index (χ4n) is 2.95. The highest BCUT2D eigenvalue weighted by atomic mass is 35.5. The van der Waals surface area contributed by atoms with E-state index in [1.807, 2.05) is 12.1 Å². The smallest absolute Gasteiger partial charge is 0.253 e. The van der Waals surface area contributed by atoms with E-state index in [-0.39, 0.29) is 23.0 Å². The minimum Gasteiger partial charge on any atom is -0.490 e. The number of rotatable bonds is 6. The summed E-state index contributed by atoms with van der Waals surface area (Å²) >= 11 is 11.8. The van der Waals surface area contributed by atoms with Gasteiger partial charge in [-0.25, -0.2) is 0 Å². The van der Waals surface area contributed by atoms with Gasteiger partial charge in [0.05, 0.1) is 23.2 Å². The van der Waals surface area contributed by atoms with Gasteiger partial charge in [-0.05, 0) is 68.1 Å². The van der Waals surface area contributed by atoms with Crippen LogP contribution in [0.4, 0.5) is 5.69 Å². The molecule has 0 saturated heterocycles. The minimum absolute atomic E-state index is 0.169. The summed E-state index contributed by atoms with van der Waals surface area (Å²) in [6.45, 7) is -0.169. The number of carbonyl (C=O) groups is 2. The highest BCUT2D eigenvalue weighted by Crippen LogP contribution is 2.25. The van der Waals surface area contributed by atoms with Crippen molar-refractivity contribution in [1.82, 2.24) is 5.32 Å². The Hall–Kier alpha value is -2.24. The maximum Gasteiger partial charge on any atom is 0.253 e. The quantitative estimate of drug-likeness (QED) is 0.731. The molecule has 2 aromatic carbocycles. The molecule has 142 valence electrons. The first-order chi connectivity index (χ1) is 13.0. The van der Waals surface area contributed by atoms with E-state index in [9.17, 15) is 9.59 Å². The van der Waals surface area contributed by atoms with Crippen molar-refractivity contribution in [3.05, 3.63) is 58.1 Å². The summed E-state index contributed by atoms with van der Waals surface area (Å²) in [6, 6.07) is 11.8. The molecule has 0 unspecified atom stereocenters. The molecule has 0 aliphatic heterocycles. The van der Waals surface area contributed by atoms with Gasteiger partial charge in [0.15, 0.2) is 0 Å². The van der Waals surface area contributed by atoms with Crippen LogP contribution in [0.25, 0.3) is 0 Å². The zero-order valence-corrected chi connectivity index (χ0v) is 16.1. The van der Waals surface area contributed by atoms with Gasteiger partial charge in [0.25, 0.3) is 5.91 Å². The summed E-state index contributed by atoms with van der Waals surface area (Å²) in [5.41, 5.74) is 0.903. The van der Waals surface area contributed by atoms with Gasteiger partial charge in [0.2, 0.25) is 5.91 Å². The molecule has 2 aromatic rings. The van der Waals surface area contributed by atoms with E-state index in [0.29, 0.717) is 16.8 Å². The van der Waals surface area contributed by atoms with Crippen LogP contribution in [0.3, 0.4) is 0 Å². The Bertz CT molecular complexity index is 818. The second-order valence-electron chi connectivity index (χ2n) is 6.40. The molecule has 0 bridgehead atoms. The molecule has 0 aromatic heterocycles. The molecule has 27 heavy (non-hydrogen) atoms. The van der Waals surface area contributed by atoms with Crippen molar-refractivity contribution in [3.63, 3.8) is 0 Å². The normalized spacial score (nSPS) is 14.0. The first kappa shape index (κ1) is 19.5. The number of anilines is 1. The number of carbonyl (C=O) groups excluding carboxylic acids is 2. The molecule has 2 amide bonds. The zero-order valence-electron chi connectivity index (χ0n) is 14.6. The molecule has 1 aliphatic rings. The second kappa shape index (κ2) is 9.11. The van der Waals surface area contributed by atoms with E-state index in [4.69, 9.17) is 27.9 Å². The average molecular weight is 407 g/mol. The third-order valence-electron chi connectivity index (χ3n) is 4.33. The third kappa shape index (κ3) is 5.62. The van der Waals surface area contributed by atoms with Gasteiger partial charge >= 0.3 is 0 Å². The number of amides is 2. The Morgan fingerprint density at radius 1 is 1.04 bits per heavy atom. The lowest BCUT2D eigenvalue weighted by Crippen LogP contribution is -2.33. The zero-order chi connectivity index (χ0) is 19.2. The van der Waals surface area contributed by atoms with Crippen LogP contribution in [0.5, 0.6) is 5.75 Å². The Morgan fingerprint density at radius 2 is 1.74 bits per heavy atom. The first-order valence-corrected chi connectivity index (χ1v) is 9.56. The van der Waals surface area contributed by atoms with E-state index in [1.54, 1.807) is 18.2 Å². The number of hydrogen-bond acceptors (Lipinski definition) is 3. The van der Waals surface area contributed by atoms with E-state index < -0.39 is 5.91 Å². The Kier molecular flexibility index (Phi) is 6.58. The molecule has 7 heteroatoms. The molecule has 2 N–H and O–H groups in total. The largest absolute Gasteiger partial charge is 0.490 e. The van der Waals surface area contributed by atoms with E-state index in [1.165, 1.54) is 25.0 Å². The van der Waals surface area contributed by atoms with Crippen LogP contribution in [-0.4, -0.2) is 24.5 Å². The van der Waals surface area contributed by atoms with Crippen molar-refractivity contribution in [1.29, 1.82) is 0 Å². The predicted octanol–water partition coefficient (Wildman–Crippen LogP) is 4.68. The third-order valence-corrected chi connectivity index (χ3v) is 4.88. The molecule has 0 heterocycles. The standard InChI is InChI=1S/C20H20Cl2N2O3/c21-13-5-10-17(18(22)11-13)20(26)23-12-19(25)24-14-6-8-16(9-7-14)27-15-3-1-2-4-15/h5-11,15H,1-4,12H2,(H,23,26)(H,24,25). The van der Waals surface area contributed by atoms with Gasteiger partial charge < -0.3 is 15.4 Å². The summed E-state index contributed by atoms with van der Waals surface area (Å²) in [5, 5.41) is 5.94. The van der Waals surface area contributed by atoms with Gasteiger partial charge in [0, 0.05) is 10.7 Å². The highest BCUT2D eigenvalue weighted by Gasteiger charge is 2.16. The van der Waals surface area contributed by atoms with Crippen LogP contribution in [0.2, 0.25) is 10.0 Å². The highest BCUT2D eigenvalue weighted by molar-refractivity contribution is 6.36. The second-order valence-corrected chi connectivity index (χ2v) is 7.25. The van der Waals surface area contributed by atoms with Crippen LogP contribution in [0.1, 0.15) is 36.0 Å². The van der Waals surface area contributed by atoms with E-state index in [2.05, 4.69) is 10.6 Å². The van der Waals surface area contributed by atoms with Crippen molar-refractivity contribution in [3.8, 4) is 5.75 Å². The Morgan fingerprint density at radius 3 is 2.41 bits per heavy atom. The maximum absolute atomic E-state index is 12.1. The molecule has 0 spiro atoms. The maximum atomic E-state index is 12.1. The molecule has 1 saturated carbocycles. The predicted molar refractivity (Wildman–Crippen MR) is 107 cm³/mol. The molecule has 1 fully saturated rings. The number of nitrogens with one attached hydrogen (secondary N) is 2. The van der Waals surface area contributed by atoms with Crippen molar-refractivity contribution < 1.29 is 14.3 Å². The average Bonchev–Trinajstić information content (AvgIpc) is 3.14. The molecule has 0 atom stereocenters. The molecule has 3 rings (SSSR count). The summed E-state index contributed by atoms with van der Waals surface area (Å²) in [7, 11) is 0. The Balaban J connectivity index is 1.47. The SMILES string of the molecule is O=C(CNC(=O)c1ccc(Cl)cc1Cl)Nc1ccc(OC2CCCC2)cc1. The summed E-state index contributed by atoms with van der Waals surface area (Å²) in [5.74, 6) is 0.0237. The van der Waals surface area contributed by atoms with Crippen molar-refractivity contribution in [2.45, 2.75) is 31.8 Å². The van der Waals surface area contributed by atoms with Gasteiger partial charge in [-0.2, -0.15) is 0 Å². The van der Waals surface area contributed by atoms with Gasteiger partial charge in [0.1, 0.15) is 5.75 Å². The van der Waals surface area contributed by atoms with Crippen LogP contribution in [0.15, 0.2) is 42.5 Å². The van der Waals surface area contributed by atoms with Gasteiger partial charge in [-0.3, -0.25) is 9.59 Å². The van der Waals surface area contributed by atoms with Crippen LogP contribution in [-0.2, 0) is 4.79 Å². The lowest BCUT2D eigenvalue weighted by Gasteiger charge is -2.13. The fraction of sp³-hybridized carbons (Fsp3) is 0.300. The van der Waals surface area contributed by atoms with Crippen molar-refractivity contribution in [2.24, 2.45) is 0 Å². The van der Waals surface area contributed by atoms with E-state index in [0.717, 1.165) is 18.6 Å². The number of halogens is 2. The summed E-state index contributed by atoms with van der Waals surface area (Å²) in [6.07, 6.45) is 4.91. The van der Waals surface area contributed by atoms with Crippen LogP contribution >= 0.6 is 23.2 Å². The van der Waals surface area contributed by atoms with E-state index >= 15 is 0 Å². The van der Waals surface area contributed by atoms with Crippen molar-refractivity contribution >= 4 is 40.7 Å². The fourth-order valence-corrected chi connectivity index (χ4v) is 3.44. The summed E-state index contributed by atoms with van der Waals surface area (Å²) < 4.78 is 5.89. The number of benzene rings is 2. The van der Waals surface area contributed by atoms with Crippen LogP contribution in [0, 0.1) is 0 Å². The van der Waals surface area contributed by atoms with Gasteiger partial charge in [-0.1, -0.05) is 23.2 Å². The Labute approximate surface area is 168 Å². The lowest BCUT2D eigenvalue weighted by molar-refractivity contribution is -0.115. The topological polar surface area (TPSA) is 67.4 Å². The number of hydrogen-bond donors (Lipinski definition) is 2. The molecule has 1 aliphatic carbocycles. The monoisotopic (exact) mass is 406 g/mol. The first-order valence-electron chi connectivity index (χ1n) is 8.81. The molecular weight excluding hydrogens is 387 g/mol. The molecular formula is C20H20Cl2N2O3. The van der Waals surface area contributed by atoms with Gasteiger partial charge in [-0.15, -0.1) is 0 Å². The lowest BCUT2D eigenvalue weighted by atomic mass is 10.2. The van der Waals surface area contributed by atoms with Crippen LogP contribution < -0.4 is 15.4 Å². The molecule has 0 radical (unpaired) electrons. The van der Waals surface area contributed by atoms with Crippen molar-refractivity contribution in [2.75, 3.05) is 11.9 Å².